The highest BCUT2D eigenvalue weighted by Gasteiger charge is 2.25. The van der Waals surface area contributed by atoms with Gasteiger partial charge in [-0.1, -0.05) is 42.5 Å². The summed E-state index contributed by atoms with van der Waals surface area (Å²) in [7, 11) is 2.21. The smallest absolute Gasteiger partial charge is 0.253 e. The fraction of sp³-hybridized carbons (Fsp3) is 0.333. The summed E-state index contributed by atoms with van der Waals surface area (Å²) in [6.07, 6.45) is 6.66. The van der Waals surface area contributed by atoms with E-state index >= 15 is 0 Å². The lowest BCUT2D eigenvalue weighted by Crippen LogP contribution is -2.46. The molecular formula is C24H31Cl3N4O. The molecule has 1 fully saturated rings. The molecule has 1 saturated heterocycles. The van der Waals surface area contributed by atoms with E-state index in [1.807, 2.05) is 29.2 Å². The van der Waals surface area contributed by atoms with Crippen LogP contribution in [0.2, 0.25) is 0 Å². The lowest BCUT2D eigenvalue weighted by molar-refractivity contribution is 0.0647. The number of amides is 1. The molecule has 32 heavy (non-hydrogen) atoms. The van der Waals surface area contributed by atoms with E-state index in [2.05, 4.69) is 52.2 Å². The highest BCUT2D eigenvalue weighted by molar-refractivity contribution is 5.94. The van der Waals surface area contributed by atoms with Crippen LogP contribution in [0.15, 0.2) is 67.0 Å². The molecule has 1 amide bonds. The SMILES string of the molecule is CN(CCc1ccccc1)C1CCN(C(=O)c2ccc(-c3ncc[nH]3)cc2)CC1.Cl.Cl.Cl. The summed E-state index contributed by atoms with van der Waals surface area (Å²) in [5.41, 5.74) is 3.12. The van der Waals surface area contributed by atoms with Crippen LogP contribution in [0.4, 0.5) is 0 Å². The molecule has 1 aliphatic heterocycles. The van der Waals surface area contributed by atoms with Gasteiger partial charge in [0.05, 0.1) is 0 Å². The Morgan fingerprint density at radius 2 is 1.69 bits per heavy atom. The molecule has 1 N–H and O–H groups in total. The van der Waals surface area contributed by atoms with Crippen molar-refractivity contribution in [2.75, 3.05) is 26.7 Å². The monoisotopic (exact) mass is 496 g/mol. The third-order valence-corrected chi connectivity index (χ3v) is 5.87. The number of halogens is 3. The van der Waals surface area contributed by atoms with E-state index in [-0.39, 0.29) is 43.1 Å². The standard InChI is InChI=1S/C24H28N4O.3ClH/c1-27(16-11-19-5-3-2-4-6-19)22-12-17-28(18-13-22)24(29)21-9-7-20(8-10-21)23-25-14-15-26-23;;;/h2-10,14-15,22H,11-13,16-18H2,1H3,(H,25,26);3*1H. The Morgan fingerprint density at radius 1 is 1.03 bits per heavy atom. The number of hydrogen-bond acceptors (Lipinski definition) is 3. The summed E-state index contributed by atoms with van der Waals surface area (Å²) in [4.78, 5) is 24.7. The molecule has 1 aliphatic rings. The van der Waals surface area contributed by atoms with E-state index in [4.69, 9.17) is 0 Å². The zero-order chi connectivity index (χ0) is 20.1. The number of H-pyrrole nitrogens is 1. The molecule has 0 unspecified atom stereocenters. The number of likely N-dealkylation sites (N-methyl/N-ethyl adjacent to an activating group) is 1. The molecule has 8 heteroatoms. The summed E-state index contributed by atoms with van der Waals surface area (Å²) in [5, 5.41) is 0. The minimum Gasteiger partial charge on any atom is -0.345 e. The van der Waals surface area contributed by atoms with Gasteiger partial charge in [-0.3, -0.25) is 4.79 Å². The van der Waals surface area contributed by atoms with E-state index in [9.17, 15) is 4.79 Å². The van der Waals surface area contributed by atoms with Gasteiger partial charge in [0.15, 0.2) is 0 Å². The summed E-state index contributed by atoms with van der Waals surface area (Å²) in [6, 6.07) is 18.9. The molecule has 3 aromatic rings. The molecule has 0 radical (unpaired) electrons. The molecule has 1 aromatic heterocycles. The number of benzene rings is 2. The molecule has 0 atom stereocenters. The molecule has 2 heterocycles. The molecule has 4 rings (SSSR count). The fourth-order valence-electron chi connectivity index (χ4n) is 4.02. The lowest BCUT2D eigenvalue weighted by Gasteiger charge is -2.37. The zero-order valence-corrected chi connectivity index (χ0v) is 20.6. The number of aromatic amines is 1. The van der Waals surface area contributed by atoms with Crippen LogP contribution in [0.25, 0.3) is 11.4 Å². The minimum atomic E-state index is 0. The van der Waals surface area contributed by atoms with Gasteiger partial charge in [0, 0.05) is 49.2 Å². The first kappa shape index (κ1) is 28.0. The van der Waals surface area contributed by atoms with Gasteiger partial charge in [-0.2, -0.15) is 0 Å². The fourth-order valence-corrected chi connectivity index (χ4v) is 4.02. The molecule has 5 nitrogen and oxygen atoms in total. The normalized spacial score (nSPS) is 13.6. The van der Waals surface area contributed by atoms with E-state index in [1.54, 1.807) is 12.4 Å². The van der Waals surface area contributed by atoms with Crippen LogP contribution in [0.1, 0.15) is 28.8 Å². The summed E-state index contributed by atoms with van der Waals surface area (Å²) in [5.74, 6) is 0.949. The van der Waals surface area contributed by atoms with E-state index in [1.165, 1.54) is 5.56 Å². The Kier molecular flexibility index (Phi) is 11.8. The van der Waals surface area contributed by atoms with Crippen molar-refractivity contribution in [1.29, 1.82) is 0 Å². The third kappa shape index (κ3) is 6.97. The van der Waals surface area contributed by atoms with Crippen molar-refractivity contribution in [2.45, 2.75) is 25.3 Å². The Morgan fingerprint density at radius 3 is 2.28 bits per heavy atom. The summed E-state index contributed by atoms with van der Waals surface area (Å²) in [6.45, 7) is 2.69. The van der Waals surface area contributed by atoms with Crippen LogP contribution in [0.3, 0.4) is 0 Å². The highest BCUT2D eigenvalue weighted by atomic mass is 35.5. The average molecular weight is 498 g/mol. The number of hydrogen-bond donors (Lipinski definition) is 1. The van der Waals surface area contributed by atoms with Crippen LogP contribution < -0.4 is 0 Å². The topological polar surface area (TPSA) is 52.2 Å². The Bertz CT molecular complexity index is 912. The number of carbonyl (C=O) groups is 1. The van der Waals surface area contributed by atoms with Crippen molar-refractivity contribution in [3.8, 4) is 11.4 Å². The first-order valence-electron chi connectivity index (χ1n) is 10.3. The number of nitrogens with one attached hydrogen (secondary N) is 1. The van der Waals surface area contributed by atoms with Crippen molar-refractivity contribution in [2.24, 2.45) is 0 Å². The second-order valence-corrected chi connectivity index (χ2v) is 7.75. The maximum Gasteiger partial charge on any atom is 0.253 e. The summed E-state index contributed by atoms with van der Waals surface area (Å²) >= 11 is 0. The number of rotatable bonds is 6. The first-order chi connectivity index (χ1) is 14.2. The molecular weight excluding hydrogens is 467 g/mol. The molecule has 0 aliphatic carbocycles. The van der Waals surface area contributed by atoms with Crippen LogP contribution in [0, 0.1) is 0 Å². The van der Waals surface area contributed by atoms with Crippen molar-refractivity contribution < 1.29 is 4.79 Å². The maximum absolute atomic E-state index is 12.9. The van der Waals surface area contributed by atoms with Gasteiger partial charge in [0.25, 0.3) is 5.91 Å². The van der Waals surface area contributed by atoms with Crippen LogP contribution in [-0.4, -0.2) is 58.4 Å². The number of nitrogens with zero attached hydrogens (tertiary/aromatic N) is 3. The Hall–Kier alpha value is -2.05. The number of imidazole rings is 1. The predicted octanol–water partition coefficient (Wildman–Crippen LogP) is 5.12. The van der Waals surface area contributed by atoms with Crippen molar-refractivity contribution in [3.05, 3.63) is 78.1 Å². The van der Waals surface area contributed by atoms with Crippen LogP contribution in [-0.2, 0) is 6.42 Å². The largest absolute Gasteiger partial charge is 0.345 e. The first-order valence-corrected chi connectivity index (χ1v) is 10.3. The van der Waals surface area contributed by atoms with Crippen molar-refractivity contribution in [3.63, 3.8) is 0 Å². The van der Waals surface area contributed by atoms with E-state index < -0.39 is 0 Å². The number of carbonyl (C=O) groups excluding carboxylic acids is 1. The van der Waals surface area contributed by atoms with Gasteiger partial charge in [0.2, 0.25) is 0 Å². The number of aromatic nitrogens is 2. The van der Waals surface area contributed by atoms with Crippen LogP contribution >= 0.6 is 37.2 Å². The van der Waals surface area contributed by atoms with Gasteiger partial charge in [-0.25, -0.2) is 4.98 Å². The molecule has 174 valence electrons. The van der Waals surface area contributed by atoms with E-state index in [0.717, 1.165) is 55.8 Å². The minimum absolute atomic E-state index is 0. The molecule has 0 spiro atoms. The van der Waals surface area contributed by atoms with Crippen molar-refractivity contribution in [1.82, 2.24) is 19.8 Å². The third-order valence-electron chi connectivity index (χ3n) is 5.87. The number of piperidine rings is 1. The Labute approximate surface area is 208 Å². The average Bonchev–Trinajstić information content (AvgIpc) is 3.33. The maximum atomic E-state index is 12.9. The van der Waals surface area contributed by atoms with Gasteiger partial charge >= 0.3 is 0 Å². The highest BCUT2D eigenvalue weighted by Crippen LogP contribution is 2.20. The number of likely N-dealkylation sites (tertiary alicyclic amines) is 1. The molecule has 2 aromatic carbocycles. The molecule has 0 bridgehead atoms. The summed E-state index contributed by atoms with van der Waals surface area (Å²) < 4.78 is 0. The predicted molar refractivity (Wildman–Crippen MR) is 137 cm³/mol. The lowest BCUT2D eigenvalue weighted by atomic mass is 10.0. The molecule has 0 saturated carbocycles. The zero-order valence-electron chi connectivity index (χ0n) is 18.1. The van der Waals surface area contributed by atoms with Gasteiger partial charge in [0.1, 0.15) is 5.82 Å². The Balaban J connectivity index is 0.00000171. The van der Waals surface area contributed by atoms with Gasteiger partial charge in [-0.05, 0) is 44.0 Å². The second kappa shape index (κ2) is 13.5. The van der Waals surface area contributed by atoms with E-state index in [0.29, 0.717) is 6.04 Å². The quantitative estimate of drug-likeness (QED) is 0.514. The van der Waals surface area contributed by atoms with Gasteiger partial charge in [-0.15, -0.1) is 37.2 Å². The second-order valence-electron chi connectivity index (χ2n) is 7.75. The van der Waals surface area contributed by atoms with Gasteiger partial charge < -0.3 is 14.8 Å². The van der Waals surface area contributed by atoms with Crippen molar-refractivity contribution >= 4 is 43.1 Å². The van der Waals surface area contributed by atoms with Crippen LogP contribution in [0.5, 0.6) is 0 Å².